The minimum Gasteiger partial charge on any atom is -0.292 e. The summed E-state index contributed by atoms with van der Waals surface area (Å²) in [6, 6.07) is 13.5. The third-order valence-electron chi connectivity index (χ3n) is 4.07. The van der Waals surface area contributed by atoms with E-state index in [4.69, 9.17) is 0 Å². The summed E-state index contributed by atoms with van der Waals surface area (Å²) in [4.78, 5) is 22.5. The van der Waals surface area contributed by atoms with Gasteiger partial charge in [0.1, 0.15) is 0 Å². The second-order valence-electron chi connectivity index (χ2n) is 5.06. The van der Waals surface area contributed by atoms with Gasteiger partial charge < -0.3 is 0 Å². The van der Waals surface area contributed by atoms with Crippen LogP contribution in [0.4, 0.5) is 0 Å². The van der Waals surface area contributed by atoms with E-state index in [0.29, 0.717) is 6.42 Å². The quantitative estimate of drug-likeness (QED) is 0.625. The Morgan fingerprint density at radius 2 is 1.95 bits per heavy atom. The molecule has 96 valence electrons. The van der Waals surface area contributed by atoms with Crippen LogP contribution in [-0.4, -0.2) is 16.2 Å². The van der Waals surface area contributed by atoms with Crippen LogP contribution in [0, 0.1) is 10.1 Å². The number of nitrogens with zero attached hydrogens (tertiary/aromatic N) is 1. The molecule has 0 heterocycles. The van der Waals surface area contributed by atoms with Gasteiger partial charge in [-0.25, -0.2) is 0 Å². The second kappa shape index (κ2) is 3.88. The third-order valence-corrected chi connectivity index (χ3v) is 4.07. The molecule has 0 N–H and O–H groups in total. The molecule has 2 atom stereocenters. The average molecular weight is 255 g/mol. The number of rotatable bonds is 3. The molecule has 4 heteroatoms. The molecule has 4 nitrogen and oxygen atoms in total. The highest BCUT2D eigenvalue weighted by atomic mass is 16.6. The molecule has 3 rings (SSSR count). The van der Waals surface area contributed by atoms with Gasteiger partial charge in [0.2, 0.25) is 5.78 Å². The van der Waals surface area contributed by atoms with Crippen LogP contribution in [0.2, 0.25) is 0 Å². The number of ketones is 1. The van der Waals surface area contributed by atoms with Gasteiger partial charge in [0.15, 0.2) is 0 Å². The first-order valence-corrected chi connectivity index (χ1v) is 6.20. The molecule has 1 unspecified atom stereocenters. The minimum absolute atomic E-state index is 0.300. The van der Waals surface area contributed by atoms with Crippen molar-refractivity contribution in [3.8, 4) is 0 Å². The van der Waals surface area contributed by atoms with Crippen LogP contribution < -0.4 is 0 Å². The molecular weight excluding hydrogens is 242 g/mol. The Balaban J connectivity index is 2.13. The Morgan fingerprint density at radius 3 is 2.58 bits per heavy atom. The molecule has 0 saturated heterocycles. The first kappa shape index (κ1) is 11.8. The van der Waals surface area contributed by atoms with Crippen LogP contribution in [0.1, 0.15) is 24.8 Å². The number of nitro groups is 1. The van der Waals surface area contributed by atoms with E-state index >= 15 is 0 Å². The minimum atomic E-state index is -1.40. The van der Waals surface area contributed by atoms with Crippen LogP contribution in [0.25, 0.3) is 10.8 Å². The van der Waals surface area contributed by atoms with Crippen molar-refractivity contribution < 1.29 is 9.72 Å². The molecule has 1 aliphatic carbocycles. The fraction of sp³-hybridized carbons (Fsp3) is 0.267. The summed E-state index contributed by atoms with van der Waals surface area (Å²) in [5.74, 6) is -0.651. The Bertz CT molecular complexity index is 673. The summed E-state index contributed by atoms with van der Waals surface area (Å²) in [5.41, 5.74) is -0.491. The van der Waals surface area contributed by atoms with Crippen molar-refractivity contribution in [1.82, 2.24) is 0 Å². The Labute approximate surface area is 110 Å². The monoisotopic (exact) mass is 255 g/mol. The average Bonchev–Trinajstić information content (AvgIpc) is 3.15. The summed E-state index contributed by atoms with van der Waals surface area (Å²) in [5, 5.41) is 13.3. The van der Waals surface area contributed by atoms with Gasteiger partial charge in [0.05, 0.1) is 5.92 Å². The van der Waals surface area contributed by atoms with E-state index in [-0.39, 0.29) is 11.7 Å². The van der Waals surface area contributed by atoms with E-state index < -0.39 is 10.5 Å². The maximum atomic E-state index is 11.6. The van der Waals surface area contributed by atoms with Gasteiger partial charge in [-0.3, -0.25) is 14.9 Å². The van der Waals surface area contributed by atoms with Crippen LogP contribution in [0.3, 0.4) is 0 Å². The summed E-state index contributed by atoms with van der Waals surface area (Å²) >= 11 is 0. The highest BCUT2D eigenvalue weighted by Gasteiger charge is 2.70. The van der Waals surface area contributed by atoms with Gasteiger partial charge in [-0.15, -0.1) is 0 Å². The number of Topliss-reactive ketones (excluding diaryl/α,β-unsaturated/α-hetero) is 1. The molecule has 0 bridgehead atoms. The molecule has 2 aromatic rings. The van der Waals surface area contributed by atoms with Crippen LogP contribution in [0.15, 0.2) is 42.5 Å². The molecule has 0 spiro atoms. The predicted molar refractivity (Wildman–Crippen MR) is 71.7 cm³/mol. The fourth-order valence-electron chi connectivity index (χ4n) is 2.89. The summed E-state index contributed by atoms with van der Waals surface area (Å²) < 4.78 is 0. The summed E-state index contributed by atoms with van der Waals surface area (Å²) in [6.07, 6.45) is 0.309. The summed E-state index contributed by atoms with van der Waals surface area (Å²) in [7, 11) is 0. The zero-order valence-electron chi connectivity index (χ0n) is 10.5. The fourth-order valence-corrected chi connectivity index (χ4v) is 2.89. The third kappa shape index (κ3) is 1.56. The molecular formula is C15H13NO3. The Morgan fingerprint density at radius 1 is 1.26 bits per heavy atom. The maximum Gasteiger partial charge on any atom is 0.286 e. The first-order chi connectivity index (χ1) is 9.07. The van der Waals surface area contributed by atoms with Gasteiger partial charge in [-0.2, -0.15) is 0 Å². The lowest BCUT2D eigenvalue weighted by atomic mass is 9.97. The molecule has 1 saturated carbocycles. The Hall–Kier alpha value is -2.23. The molecule has 0 aromatic heterocycles. The van der Waals surface area contributed by atoms with Gasteiger partial charge in [-0.05, 0) is 16.3 Å². The van der Waals surface area contributed by atoms with Gasteiger partial charge >= 0.3 is 0 Å². The van der Waals surface area contributed by atoms with Crippen molar-refractivity contribution in [3.63, 3.8) is 0 Å². The van der Waals surface area contributed by atoms with Crippen molar-refractivity contribution >= 4 is 16.6 Å². The second-order valence-corrected chi connectivity index (χ2v) is 5.06. The van der Waals surface area contributed by atoms with Gasteiger partial charge in [0.25, 0.3) is 5.54 Å². The topological polar surface area (TPSA) is 60.2 Å². The lowest BCUT2D eigenvalue weighted by Gasteiger charge is -2.08. The molecule has 0 amide bonds. The number of hydrogen-bond donors (Lipinski definition) is 0. The largest absolute Gasteiger partial charge is 0.292 e. The Kier molecular flexibility index (Phi) is 2.42. The molecule has 1 fully saturated rings. The number of benzene rings is 2. The van der Waals surface area contributed by atoms with E-state index in [2.05, 4.69) is 0 Å². The van der Waals surface area contributed by atoms with Crippen molar-refractivity contribution in [3.05, 3.63) is 58.1 Å². The van der Waals surface area contributed by atoms with E-state index in [1.54, 1.807) is 0 Å². The molecule has 0 radical (unpaired) electrons. The van der Waals surface area contributed by atoms with Crippen LogP contribution in [0.5, 0.6) is 0 Å². The number of hydrogen-bond acceptors (Lipinski definition) is 3. The smallest absolute Gasteiger partial charge is 0.286 e. The first-order valence-electron chi connectivity index (χ1n) is 6.20. The zero-order chi connectivity index (χ0) is 13.6. The molecule has 19 heavy (non-hydrogen) atoms. The molecule has 1 aliphatic rings. The van der Waals surface area contributed by atoms with Crippen molar-refractivity contribution in [1.29, 1.82) is 0 Å². The SMILES string of the molecule is CC(=O)[C@]1([N+](=O)[O-])CC1c1cccc2ccccc12. The van der Waals surface area contributed by atoms with Crippen LogP contribution >= 0.6 is 0 Å². The summed E-state index contributed by atoms with van der Waals surface area (Å²) in [6.45, 7) is 1.31. The van der Waals surface area contributed by atoms with Crippen LogP contribution in [-0.2, 0) is 4.79 Å². The lowest BCUT2D eigenvalue weighted by molar-refractivity contribution is -0.523. The van der Waals surface area contributed by atoms with Gasteiger partial charge in [-0.1, -0.05) is 42.5 Å². The molecule has 0 aliphatic heterocycles. The highest BCUT2D eigenvalue weighted by molar-refractivity contribution is 5.93. The van der Waals surface area contributed by atoms with Gasteiger partial charge in [0, 0.05) is 18.3 Å². The maximum absolute atomic E-state index is 11.6. The number of carbonyl (C=O) groups is 1. The normalized spacial score (nSPS) is 25.2. The number of carbonyl (C=O) groups excluding carboxylic acids is 1. The van der Waals surface area contributed by atoms with Crippen molar-refractivity contribution in [2.24, 2.45) is 0 Å². The van der Waals surface area contributed by atoms with E-state index in [9.17, 15) is 14.9 Å². The van der Waals surface area contributed by atoms with E-state index in [0.717, 1.165) is 16.3 Å². The highest BCUT2D eigenvalue weighted by Crippen LogP contribution is 2.55. The van der Waals surface area contributed by atoms with Crippen molar-refractivity contribution in [2.75, 3.05) is 0 Å². The molecule has 2 aromatic carbocycles. The standard InChI is InChI=1S/C15H13NO3/c1-10(17)15(16(18)19)9-14(15)13-8-4-6-11-5-2-3-7-12(11)13/h2-8,14H,9H2,1H3/t14?,15-/m1/s1. The number of fused-ring (bicyclic) bond motifs is 1. The van der Waals surface area contributed by atoms with Crippen molar-refractivity contribution in [2.45, 2.75) is 24.8 Å². The van der Waals surface area contributed by atoms with E-state index in [1.807, 2.05) is 42.5 Å². The lowest BCUT2D eigenvalue weighted by Crippen LogP contribution is -2.31. The zero-order valence-corrected chi connectivity index (χ0v) is 10.5. The predicted octanol–water partition coefficient (Wildman–Crippen LogP) is 2.93. The van der Waals surface area contributed by atoms with E-state index in [1.165, 1.54) is 6.92 Å².